The smallest absolute Gasteiger partial charge is 0.297 e. The maximum Gasteiger partial charge on any atom is 0.330 e. The molecule has 6 heteroatoms. The van der Waals surface area contributed by atoms with Gasteiger partial charge < -0.3 is 0 Å². The summed E-state index contributed by atoms with van der Waals surface area (Å²) in [4.78, 5) is 27.2. The minimum atomic E-state index is -0.446. The minimum Gasteiger partial charge on any atom is -0.297 e. The zero-order valence-corrected chi connectivity index (χ0v) is 13.1. The van der Waals surface area contributed by atoms with Gasteiger partial charge in [0.05, 0.1) is 11.1 Å². The molecule has 0 radical (unpaired) electrons. The van der Waals surface area contributed by atoms with Gasteiger partial charge in [-0.2, -0.15) is 0 Å². The van der Waals surface area contributed by atoms with Crippen molar-refractivity contribution in [2.75, 3.05) is 0 Å². The van der Waals surface area contributed by atoms with Gasteiger partial charge >= 0.3 is 5.69 Å². The van der Waals surface area contributed by atoms with E-state index in [1.165, 1.54) is 4.57 Å². The molecule has 1 N–H and O–H groups in total. The Balaban J connectivity index is 2.32. The monoisotopic (exact) mass is 354 g/mol. The number of nitrogens with zero attached hydrogens (tertiary/aromatic N) is 1. The van der Waals surface area contributed by atoms with Crippen molar-refractivity contribution in [1.82, 2.24) is 9.55 Å². The average molecular weight is 356 g/mol. The van der Waals surface area contributed by atoms with Gasteiger partial charge in [-0.25, -0.2) is 4.79 Å². The fraction of sp³-hybridized carbons (Fsp3) is 0.286. The van der Waals surface area contributed by atoms with E-state index in [0.29, 0.717) is 11.1 Å². The lowest BCUT2D eigenvalue weighted by Crippen LogP contribution is -2.41. The SMILES string of the molecule is CC1(n2c(=O)[nH]c(Cl)c(-c3cccc(Br)c3)c2=O)CC1. The molecule has 4 nitrogen and oxygen atoms in total. The van der Waals surface area contributed by atoms with Crippen molar-refractivity contribution >= 4 is 27.5 Å². The number of halogens is 2. The molecule has 20 heavy (non-hydrogen) atoms. The lowest BCUT2D eigenvalue weighted by Gasteiger charge is -2.14. The van der Waals surface area contributed by atoms with E-state index in [1.807, 2.05) is 19.1 Å². The number of aromatic nitrogens is 2. The molecule has 2 aromatic rings. The molecule has 1 fully saturated rings. The number of aromatic amines is 1. The topological polar surface area (TPSA) is 54.9 Å². The van der Waals surface area contributed by atoms with E-state index in [-0.39, 0.29) is 16.3 Å². The number of hydrogen-bond acceptors (Lipinski definition) is 2. The van der Waals surface area contributed by atoms with Crippen molar-refractivity contribution in [3.05, 3.63) is 54.7 Å². The fourth-order valence-electron chi connectivity index (χ4n) is 2.30. The van der Waals surface area contributed by atoms with Crippen LogP contribution in [0.2, 0.25) is 5.15 Å². The van der Waals surface area contributed by atoms with E-state index in [1.54, 1.807) is 12.1 Å². The van der Waals surface area contributed by atoms with Gasteiger partial charge in [-0.1, -0.05) is 39.7 Å². The van der Waals surface area contributed by atoms with Crippen molar-refractivity contribution in [2.24, 2.45) is 0 Å². The van der Waals surface area contributed by atoms with E-state index < -0.39 is 5.69 Å². The van der Waals surface area contributed by atoms with Crippen LogP contribution < -0.4 is 11.2 Å². The van der Waals surface area contributed by atoms with E-state index in [9.17, 15) is 9.59 Å². The van der Waals surface area contributed by atoms with Crippen LogP contribution in [0, 0.1) is 0 Å². The molecule has 104 valence electrons. The van der Waals surface area contributed by atoms with E-state index in [2.05, 4.69) is 20.9 Å². The molecule has 1 saturated carbocycles. The zero-order chi connectivity index (χ0) is 14.5. The first-order valence-corrected chi connectivity index (χ1v) is 7.41. The normalized spacial score (nSPS) is 16.1. The van der Waals surface area contributed by atoms with Gasteiger partial charge in [0, 0.05) is 4.47 Å². The van der Waals surface area contributed by atoms with Crippen LogP contribution in [0.5, 0.6) is 0 Å². The number of hydrogen-bond donors (Lipinski definition) is 1. The third-order valence-electron chi connectivity index (χ3n) is 3.68. The van der Waals surface area contributed by atoms with Crippen molar-refractivity contribution in [1.29, 1.82) is 0 Å². The second-order valence-electron chi connectivity index (χ2n) is 5.27. The zero-order valence-electron chi connectivity index (χ0n) is 10.7. The Labute approximate surface area is 128 Å². The highest BCUT2D eigenvalue weighted by Gasteiger charge is 2.42. The molecule has 0 unspecified atom stereocenters. The molecule has 0 bridgehead atoms. The summed E-state index contributed by atoms with van der Waals surface area (Å²) in [5.41, 5.74) is -0.143. The first kappa shape index (κ1) is 13.6. The number of H-pyrrole nitrogens is 1. The molecule has 3 rings (SSSR count). The van der Waals surface area contributed by atoms with Crippen molar-refractivity contribution < 1.29 is 0 Å². The third kappa shape index (κ3) is 2.15. The Hall–Kier alpha value is -1.33. The van der Waals surface area contributed by atoms with Gasteiger partial charge in [0.25, 0.3) is 5.56 Å². The van der Waals surface area contributed by atoms with Crippen LogP contribution in [-0.4, -0.2) is 9.55 Å². The summed E-state index contributed by atoms with van der Waals surface area (Å²) in [5.74, 6) is 0. The molecule has 0 spiro atoms. The molecule has 1 aliphatic rings. The number of benzene rings is 1. The van der Waals surface area contributed by atoms with E-state index in [4.69, 9.17) is 11.6 Å². The van der Waals surface area contributed by atoms with Gasteiger partial charge in [-0.15, -0.1) is 0 Å². The Bertz CT molecular complexity index is 806. The predicted molar refractivity (Wildman–Crippen MR) is 82.4 cm³/mol. The van der Waals surface area contributed by atoms with Crippen molar-refractivity contribution in [3.63, 3.8) is 0 Å². The summed E-state index contributed by atoms with van der Waals surface area (Å²) in [6.07, 6.45) is 1.66. The van der Waals surface area contributed by atoms with Crippen LogP contribution >= 0.6 is 27.5 Å². The first-order valence-electron chi connectivity index (χ1n) is 6.24. The Morgan fingerprint density at radius 1 is 1.35 bits per heavy atom. The molecule has 1 heterocycles. The van der Waals surface area contributed by atoms with Crippen LogP contribution in [0.4, 0.5) is 0 Å². The molecule has 0 atom stereocenters. The predicted octanol–water partition coefficient (Wildman–Crippen LogP) is 3.13. The summed E-state index contributed by atoms with van der Waals surface area (Å²) < 4.78 is 2.13. The summed E-state index contributed by atoms with van der Waals surface area (Å²) in [6, 6.07) is 7.29. The van der Waals surface area contributed by atoms with Crippen LogP contribution in [0.1, 0.15) is 19.8 Å². The lowest BCUT2D eigenvalue weighted by atomic mass is 10.1. The molecule has 1 aliphatic carbocycles. The molecule has 1 aromatic carbocycles. The highest BCUT2D eigenvalue weighted by molar-refractivity contribution is 9.10. The van der Waals surface area contributed by atoms with Crippen LogP contribution in [0.15, 0.2) is 38.3 Å². The van der Waals surface area contributed by atoms with Crippen LogP contribution in [0.25, 0.3) is 11.1 Å². The van der Waals surface area contributed by atoms with Crippen LogP contribution in [0.3, 0.4) is 0 Å². The Kier molecular flexibility index (Phi) is 3.14. The van der Waals surface area contributed by atoms with Gasteiger partial charge in [0.1, 0.15) is 5.15 Å². The Morgan fingerprint density at radius 3 is 2.65 bits per heavy atom. The average Bonchev–Trinajstić information content (AvgIpc) is 3.07. The molecule has 0 amide bonds. The minimum absolute atomic E-state index is 0.0820. The van der Waals surface area contributed by atoms with Gasteiger partial charge in [0.2, 0.25) is 0 Å². The summed E-state index contributed by atoms with van der Waals surface area (Å²) in [6.45, 7) is 1.90. The van der Waals surface area contributed by atoms with Gasteiger partial charge in [-0.3, -0.25) is 14.3 Å². The van der Waals surface area contributed by atoms with Gasteiger partial charge in [-0.05, 0) is 37.5 Å². The second kappa shape index (κ2) is 4.60. The maximum atomic E-state index is 12.7. The summed E-state index contributed by atoms with van der Waals surface area (Å²) >= 11 is 9.45. The molecular formula is C14H12BrClN2O2. The number of rotatable bonds is 2. The van der Waals surface area contributed by atoms with Crippen molar-refractivity contribution in [2.45, 2.75) is 25.3 Å². The highest BCUT2D eigenvalue weighted by atomic mass is 79.9. The maximum absolute atomic E-state index is 12.7. The van der Waals surface area contributed by atoms with Crippen molar-refractivity contribution in [3.8, 4) is 11.1 Å². The molecule has 0 aliphatic heterocycles. The standard InChI is InChI=1S/C14H12BrClN2O2/c1-14(5-6-14)18-12(19)10(11(16)17-13(18)20)8-3-2-4-9(15)7-8/h2-4,7H,5-6H2,1H3,(H,17,20). The molecular weight excluding hydrogens is 344 g/mol. The summed E-state index contributed by atoms with van der Waals surface area (Å²) in [5, 5.41) is 0.0820. The Morgan fingerprint density at radius 2 is 2.05 bits per heavy atom. The fourth-order valence-corrected chi connectivity index (χ4v) is 2.97. The van der Waals surface area contributed by atoms with E-state index >= 15 is 0 Å². The lowest BCUT2D eigenvalue weighted by molar-refractivity contribution is 0.487. The van der Waals surface area contributed by atoms with Gasteiger partial charge in [0.15, 0.2) is 0 Å². The second-order valence-corrected chi connectivity index (χ2v) is 6.56. The van der Waals surface area contributed by atoms with Crippen LogP contribution in [-0.2, 0) is 5.54 Å². The largest absolute Gasteiger partial charge is 0.330 e. The molecule has 0 saturated heterocycles. The molecule has 1 aromatic heterocycles. The quantitative estimate of drug-likeness (QED) is 0.842. The highest BCUT2D eigenvalue weighted by Crippen LogP contribution is 2.41. The summed E-state index contributed by atoms with van der Waals surface area (Å²) in [7, 11) is 0. The number of nitrogens with one attached hydrogen (secondary N) is 1. The third-order valence-corrected chi connectivity index (χ3v) is 4.46. The van der Waals surface area contributed by atoms with E-state index in [0.717, 1.165) is 17.3 Å². The first-order chi connectivity index (χ1) is 9.42.